The molecule has 1 aromatic carbocycles. The molecule has 4 rings (SSSR count). The van der Waals surface area contributed by atoms with Crippen molar-refractivity contribution in [3.8, 4) is 22.5 Å². The average Bonchev–Trinajstić information content (AvgIpc) is 2.73. The maximum Gasteiger partial charge on any atom is 0.313 e. The van der Waals surface area contributed by atoms with Crippen LogP contribution in [0.3, 0.4) is 0 Å². The average molecular weight is 396 g/mol. The fraction of sp³-hybridized carbons (Fsp3) is 0.333. The van der Waals surface area contributed by atoms with Crippen molar-refractivity contribution in [1.29, 1.82) is 0 Å². The van der Waals surface area contributed by atoms with Gasteiger partial charge in [0.25, 0.3) is 11.0 Å². The number of rotatable bonds is 3. The standard InChI is InChI=1S/C21H21FN4O3/c1-25-21(29)18(27)16(12-24-25)17-11-23-19(13-6-5-7-14(22)10-13)26(20(17)28)15-8-3-2-4-9-15/h5-7,10-12,15,24H,2-4,8-9H2,1H3. The summed E-state index contributed by atoms with van der Waals surface area (Å²) < 4.78 is 16.4. The number of halogens is 1. The maximum absolute atomic E-state index is 13.8. The largest absolute Gasteiger partial charge is 0.313 e. The quantitative estimate of drug-likeness (QED) is 0.689. The second-order valence-corrected chi connectivity index (χ2v) is 7.35. The van der Waals surface area contributed by atoms with Gasteiger partial charge in [0.1, 0.15) is 11.6 Å². The Labute approximate surface area is 165 Å². The zero-order chi connectivity index (χ0) is 20.5. The summed E-state index contributed by atoms with van der Waals surface area (Å²) in [5.41, 5.74) is -1.36. The molecule has 1 aliphatic carbocycles. The van der Waals surface area contributed by atoms with E-state index in [9.17, 15) is 18.8 Å². The Kier molecular flexibility index (Phi) is 5.00. The molecule has 150 valence electrons. The lowest BCUT2D eigenvalue weighted by molar-refractivity contribution is 0.347. The van der Waals surface area contributed by atoms with Crippen LogP contribution in [0.2, 0.25) is 0 Å². The van der Waals surface area contributed by atoms with Gasteiger partial charge in [-0.2, -0.15) is 0 Å². The summed E-state index contributed by atoms with van der Waals surface area (Å²) in [6, 6.07) is 5.86. The number of aromatic nitrogens is 4. The first kappa shape index (κ1) is 19.0. The Balaban J connectivity index is 1.97. The van der Waals surface area contributed by atoms with E-state index < -0.39 is 22.4 Å². The number of aromatic amines is 1. The molecule has 29 heavy (non-hydrogen) atoms. The van der Waals surface area contributed by atoms with Crippen molar-refractivity contribution in [3.05, 3.63) is 73.4 Å². The number of H-pyrrole nitrogens is 1. The molecule has 0 unspecified atom stereocenters. The van der Waals surface area contributed by atoms with E-state index in [1.807, 2.05) is 0 Å². The molecule has 2 aromatic heterocycles. The Bertz CT molecular complexity index is 1240. The highest BCUT2D eigenvalue weighted by atomic mass is 19.1. The van der Waals surface area contributed by atoms with E-state index in [0.717, 1.165) is 36.8 Å². The van der Waals surface area contributed by atoms with Crippen LogP contribution >= 0.6 is 0 Å². The molecule has 0 radical (unpaired) electrons. The molecule has 1 saturated carbocycles. The number of benzene rings is 1. The molecule has 2 heterocycles. The van der Waals surface area contributed by atoms with Gasteiger partial charge in [0.2, 0.25) is 0 Å². The van der Waals surface area contributed by atoms with Gasteiger partial charge in [-0.05, 0) is 25.0 Å². The predicted molar refractivity (Wildman–Crippen MR) is 107 cm³/mol. The van der Waals surface area contributed by atoms with Crippen molar-refractivity contribution in [2.24, 2.45) is 7.05 Å². The van der Waals surface area contributed by atoms with Crippen LogP contribution in [0.15, 0.2) is 51.0 Å². The maximum atomic E-state index is 13.8. The second kappa shape index (κ2) is 7.62. The Morgan fingerprint density at radius 3 is 2.55 bits per heavy atom. The van der Waals surface area contributed by atoms with E-state index in [0.29, 0.717) is 11.4 Å². The van der Waals surface area contributed by atoms with Crippen LogP contribution in [0.4, 0.5) is 4.39 Å². The van der Waals surface area contributed by atoms with Crippen LogP contribution in [0.1, 0.15) is 38.1 Å². The predicted octanol–water partition coefficient (Wildman–Crippen LogP) is 2.61. The highest BCUT2D eigenvalue weighted by molar-refractivity contribution is 5.63. The van der Waals surface area contributed by atoms with Crippen LogP contribution in [-0.2, 0) is 7.05 Å². The molecule has 0 saturated heterocycles. The fourth-order valence-electron chi connectivity index (χ4n) is 3.93. The molecule has 7 nitrogen and oxygen atoms in total. The number of hydrogen-bond donors (Lipinski definition) is 1. The van der Waals surface area contributed by atoms with Crippen molar-refractivity contribution in [2.75, 3.05) is 0 Å². The molecular weight excluding hydrogens is 375 g/mol. The minimum Gasteiger partial charge on any atom is -0.302 e. The van der Waals surface area contributed by atoms with E-state index in [2.05, 4.69) is 10.1 Å². The van der Waals surface area contributed by atoms with Crippen molar-refractivity contribution >= 4 is 0 Å². The molecule has 1 aliphatic rings. The van der Waals surface area contributed by atoms with E-state index in [1.54, 1.807) is 16.7 Å². The summed E-state index contributed by atoms with van der Waals surface area (Å²) in [5.74, 6) is -0.0515. The number of nitrogens with one attached hydrogen (secondary N) is 1. The van der Waals surface area contributed by atoms with Gasteiger partial charge < -0.3 is 5.10 Å². The van der Waals surface area contributed by atoms with E-state index in [-0.39, 0.29) is 17.2 Å². The Hall–Kier alpha value is -3.29. The van der Waals surface area contributed by atoms with Gasteiger partial charge in [0.15, 0.2) is 0 Å². The summed E-state index contributed by atoms with van der Waals surface area (Å²) in [6.07, 6.45) is 7.32. The molecule has 1 N–H and O–H groups in total. The number of hydrogen-bond acceptors (Lipinski definition) is 4. The lowest BCUT2D eigenvalue weighted by Gasteiger charge is -2.26. The molecule has 0 amide bonds. The molecule has 0 spiro atoms. The minimum atomic E-state index is -0.765. The van der Waals surface area contributed by atoms with Crippen molar-refractivity contribution in [1.82, 2.24) is 19.3 Å². The topological polar surface area (TPSA) is 89.8 Å². The van der Waals surface area contributed by atoms with E-state index >= 15 is 0 Å². The summed E-state index contributed by atoms with van der Waals surface area (Å²) in [7, 11) is 1.43. The molecule has 3 aromatic rings. The van der Waals surface area contributed by atoms with E-state index in [4.69, 9.17) is 0 Å². The minimum absolute atomic E-state index is 0.0130. The van der Waals surface area contributed by atoms with Crippen molar-refractivity contribution < 1.29 is 4.39 Å². The zero-order valence-electron chi connectivity index (χ0n) is 16.0. The highest BCUT2D eigenvalue weighted by Gasteiger charge is 2.24. The molecular formula is C21H21FN4O3. The summed E-state index contributed by atoms with van der Waals surface area (Å²) in [4.78, 5) is 42.4. The van der Waals surface area contributed by atoms with Crippen LogP contribution in [0.5, 0.6) is 0 Å². The van der Waals surface area contributed by atoms with Crippen LogP contribution in [0.25, 0.3) is 22.5 Å². The summed E-state index contributed by atoms with van der Waals surface area (Å²) in [5, 5.41) is 2.67. The van der Waals surface area contributed by atoms with Gasteiger partial charge in [0.05, 0.1) is 11.1 Å². The number of nitrogens with zero attached hydrogens (tertiary/aromatic N) is 3. The van der Waals surface area contributed by atoms with Gasteiger partial charge in [-0.25, -0.2) is 9.37 Å². The third-order valence-corrected chi connectivity index (χ3v) is 5.45. The summed E-state index contributed by atoms with van der Waals surface area (Å²) in [6.45, 7) is 0. The zero-order valence-corrected chi connectivity index (χ0v) is 16.0. The highest BCUT2D eigenvalue weighted by Crippen LogP contribution is 2.31. The first-order chi connectivity index (χ1) is 14.0. The lowest BCUT2D eigenvalue weighted by Crippen LogP contribution is -2.37. The van der Waals surface area contributed by atoms with Crippen LogP contribution < -0.4 is 16.5 Å². The van der Waals surface area contributed by atoms with Crippen LogP contribution in [-0.4, -0.2) is 19.3 Å². The Morgan fingerprint density at radius 2 is 1.83 bits per heavy atom. The van der Waals surface area contributed by atoms with Gasteiger partial charge in [0, 0.05) is 31.0 Å². The van der Waals surface area contributed by atoms with Crippen molar-refractivity contribution in [2.45, 2.75) is 38.1 Å². The third-order valence-electron chi connectivity index (χ3n) is 5.45. The molecule has 0 atom stereocenters. The van der Waals surface area contributed by atoms with Gasteiger partial charge in [-0.3, -0.25) is 23.6 Å². The smallest absolute Gasteiger partial charge is 0.302 e. The molecule has 0 aliphatic heterocycles. The van der Waals surface area contributed by atoms with Gasteiger partial charge in [-0.15, -0.1) is 0 Å². The molecule has 1 fully saturated rings. The summed E-state index contributed by atoms with van der Waals surface area (Å²) >= 11 is 0. The number of aryl methyl sites for hydroxylation is 1. The lowest BCUT2D eigenvalue weighted by atomic mass is 9.94. The van der Waals surface area contributed by atoms with E-state index in [1.165, 1.54) is 31.6 Å². The van der Waals surface area contributed by atoms with Crippen molar-refractivity contribution in [3.63, 3.8) is 0 Å². The third kappa shape index (κ3) is 3.46. The molecule has 0 bridgehead atoms. The fourth-order valence-corrected chi connectivity index (χ4v) is 3.93. The van der Waals surface area contributed by atoms with Crippen LogP contribution in [0, 0.1) is 5.82 Å². The first-order valence-corrected chi connectivity index (χ1v) is 9.64. The second-order valence-electron chi connectivity index (χ2n) is 7.35. The van der Waals surface area contributed by atoms with Gasteiger partial charge >= 0.3 is 5.56 Å². The van der Waals surface area contributed by atoms with Gasteiger partial charge in [-0.1, -0.05) is 31.4 Å². The SMILES string of the molecule is Cn1[nH]cc(-c2cnc(-c3cccc(F)c3)n(C3CCCCC3)c2=O)c(=O)c1=O. The first-order valence-electron chi connectivity index (χ1n) is 9.64. The Morgan fingerprint density at radius 1 is 1.07 bits per heavy atom. The monoisotopic (exact) mass is 396 g/mol. The normalized spacial score (nSPS) is 14.8. The molecule has 8 heteroatoms.